The maximum absolute atomic E-state index is 14.5. The average Bonchev–Trinajstić information content (AvgIpc) is 2.70. The Hall–Kier alpha value is -2.34. The number of hydrogen-bond acceptors (Lipinski definition) is 2. The molecule has 0 aliphatic carbocycles. The summed E-state index contributed by atoms with van der Waals surface area (Å²) >= 11 is 0. The zero-order valence-corrected chi connectivity index (χ0v) is 16.2. The third-order valence-electron chi connectivity index (χ3n) is 5.01. The fourth-order valence-electron chi connectivity index (χ4n) is 3.54. The van der Waals surface area contributed by atoms with Gasteiger partial charge >= 0.3 is 0 Å². The standard InChI is InChI=1S/C22H27F3N2O/c1-4-8-16(5-2)27(21(28)6-3)17-11-13-26(14-12-17)15-20(24)18-9-7-10-19(23)22(18)25/h4-5,7-10,17,20H,1-2,6,11-15H2,3H3/b16-8+. The first kappa shape index (κ1) is 22.0. The van der Waals surface area contributed by atoms with Crippen LogP contribution < -0.4 is 0 Å². The van der Waals surface area contributed by atoms with E-state index in [1.807, 2.05) is 4.90 Å². The molecule has 1 unspecified atom stereocenters. The molecule has 1 fully saturated rings. The van der Waals surface area contributed by atoms with Crippen molar-refractivity contribution in [3.05, 3.63) is 72.5 Å². The number of nitrogens with zero attached hydrogens (tertiary/aromatic N) is 2. The number of amides is 1. The molecule has 1 amide bonds. The predicted molar refractivity (Wildman–Crippen MR) is 105 cm³/mol. The zero-order valence-electron chi connectivity index (χ0n) is 16.2. The monoisotopic (exact) mass is 392 g/mol. The number of hydrogen-bond donors (Lipinski definition) is 0. The van der Waals surface area contributed by atoms with E-state index in [1.165, 1.54) is 12.1 Å². The van der Waals surface area contributed by atoms with Crippen molar-refractivity contribution in [2.75, 3.05) is 19.6 Å². The molecule has 0 spiro atoms. The summed E-state index contributed by atoms with van der Waals surface area (Å²) in [5.74, 6) is -2.18. The van der Waals surface area contributed by atoms with E-state index in [2.05, 4.69) is 13.2 Å². The first-order valence-corrected chi connectivity index (χ1v) is 9.50. The van der Waals surface area contributed by atoms with Crippen molar-refractivity contribution in [3.8, 4) is 0 Å². The molecular formula is C22H27F3N2O. The summed E-state index contributed by atoms with van der Waals surface area (Å²) in [4.78, 5) is 16.1. The summed E-state index contributed by atoms with van der Waals surface area (Å²) in [6, 6.07) is 3.54. The Labute approximate surface area is 164 Å². The first-order valence-electron chi connectivity index (χ1n) is 9.50. The number of likely N-dealkylation sites (tertiary alicyclic amines) is 1. The number of carbonyl (C=O) groups is 1. The summed E-state index contributed by atoms with van der Waals surface area (Å²) in [7, 11) is 0. The molecule has 2 rings (SSSR count). The second kappa shape index (κ2) is 10.3. The van der Waals surface area contributed by atoms with Crippen LogP contribution in [0, 0.1) is 11.6 Å². The molecule has 1 aromatic carbocycles. The van der Waals surface area contributed by atoms with Gasteiger partial charge in [-0.25, -0.2) is 13.2 Å². The Morgan fingerprint density at radius 3 is 2.57 bits per heavy atom. The van der Waals surface area contributed by atoms with Crippen molar-refractivity contribution in [1.82, 2.24) is 9.80 Å². The van der Waals surface area contributed by atoms with Gasteiger partial charge in [-0.1, -0.05) is 38.3 Å². The van der Waals surface area contributed by atoms with Crippen molar-refractivity contribution in [1.29, 1.82) is 0 Å². The number of halogens is 3. The molecule has 1 saturated heterocycles. The molecule has 1 aromatic rings. The van der Waals surface area contributed by atoms with Gasteiger partial charge in [0.1, 0.15) is 6.17 Å². The number of alkyl halides is 1. The van der Waals surface area contributed by atoms with Crippen LogP contribution in [0.25, 0.3) is 0 Å². The minimum atomic E-state index is -1.61. The normalized spacial score (nSPS) is 17.2. The molecule has 0 N–H and O–H groups in total. The fourth-order valence-corrected chi connectivity index (χ4v) is 3.54. The van der Waals surface area contributed by atoms with Gasteiger partial charge in [-0.05, 0) is 31.1 Å². The SMILES string of the molecule is C=C/C=C(\C=C)N(C(=O)CC)C1CCN(CC(F)c2cccc(F)c2F)CC1. The summed E-state index contributed by atoms with van der Waals surface area (Å²) in [5.41, 5.74) is 0.443. The molecular weight excluding hydrogens is 365 g/mol. The quantitative estimate of drug-likeness (QED) is 0.586. The first-order chi connectivity index (χ1) is 13.4. The molecule has 1 atom stereocenters. The van der Waals surface area contributed by atoms with Crippen molar-refractivity contribution in [3.63, 3.8) is 0 Å². The van der Waals surface area contributed by atoms with Gasteiger partial charge in [-0.15, -0.1) is 0 Å². The lowest BCUT2D eigenvalue weighted by Gasteiger charge is -2.39. The highest BCUT2D eigenvalue weighted by Crippen LogP contribution is 2.27. The topological polar surface area (TPSA) is 23.6 Å². The number of carbonyl (C=O) groups excluding carboxylic acids is 1. The van der Waals surface area contributed by atoms with E-state index in [4.69, 9.17) is 0 Å². The van der Waals surface area contributed by atoms with E-state index in [0.717, 1.165) is 6.07 Å². The third-order valence-corrected chi connectivity index (χ3v) is 5.01. The van der Waals surface area contributed by atoms with Gasteiger partial charge in [0.15, 0.2) is 11.6 Å². The molecule has 0 aromatic heterocycles. The molecule has 1 heterocycles. The second-order valence-corrected chi connectivity index (χ2v) is 6.79. The second-order valence-electron chi connectivity index (χ2n) is 6.79. The highest BCUT2D eigenvalue weighted by atomic mass is 19.2. The molecule has 28 heavy (non-hydrogen) atoms. The lowest BCUT2D eigenvalue weighted by molar-refractivity contribution is -0.131. The van der Waals surface area contributed by atoms with Crippen LogP contribution in [0.15, 0.2) is 55.3 Å². The summed E-state index contributed by atoms with van der Waals surface area (Å²) in [6.07, 6.45) is 5.07. The van der Waals surface area contributed by atoms with Crippen LogP contribution in [0.1, 0.15) is 37.9 Å². The van der Waals surface area contributed by atoms with Crippen LogP contribution in [-0.4, -0.2) is 41.4 Å². The Morgan fingerprint density at radius 1 is 1.32 bits per heavy atom. The van der Waals surface area contributed by atoms with Gasteiger partial charge in [0.05, 0.1) is 0 Å². The van der Waals surface area contributed by atoms with E-state index in [0.29, 0.717) is 38.0 Å². The van der Waals surface area contributed by atoms with Gasteiger partial charge in [0.2, 0.25) is 5.91 Å². The number of benzene rings is 1. The molecule has 1 aliphatic heterocycles. The number of rotatable bonds is 8. The number of piperidine rings is 1. The maximum Gasteiger partial charge on any atom is 0.226 e. The minimum absolute atomic E-state index is 0.00310. The van der Waals surface area contributed by atoms with E-state index >= 15 is 0 Å². The van der Waals surface area contributed by atoms with Crippen LogP contribution in [-0.2, 0) is 4.79 Å². The van der Waals surface area contributed by atoms with Crippen molar-refractivity contribution in [2.45, 2.75) is 38.4 Å². The summed E-state index contributed by atoms with van der Waals surface area (Å²) in [5, 5.41) is 0. The van der Waals surface area contributed by atoms with Gasteiger partial charge in [-0.2, -0.15) is 0 Å². The maximum atomic E-state index is 14.5. The van der Waals surface area contributed by atoms with E-state index in [9.17, 15) is 18.0 Å². The fraction of sp³-hybridized carbons (Fsp3) is 0.409. The smallest absolute Gasteiger partial charge is 0.226 e. The molecule has 0 saturated carbocycles. The Morgan fingerprint density at radius 2 is 2.00 bits per heavy atom. The van der Waals surface area contributed by atoms with Gasteiger partial charge in [0.25, 0.3) is 0 Å². The van der Waals surface area contributed by atoms with Crippen LogP contribution in [0.3, 0.4) is 0 Å². The van der Waals surface area contributed by atoms with E-state index in [1.54, 1.807) is 30.1 Å². The minimum Gasteiger partial charge on any atom is -0.309 e. The largest absolute Gasteiger partial charge is 0.309 e. The lowest BCUT2D eigenvalue weighted by atomic mass is 10.0. The third kappa shape index (κ3) is 5.13. The van der Waals surface area contributed by atoms with Crippen LogP contribution >= 0.6 is 0 Å². The predicted octanol–water partition coefficient (Wildman–Crippen LogP) is 4.93. The molecule has 0 bridgehead atoms. The van der Waals surface area contributed by atoms with Crippen molar-refractivity contribution >= 4 is 5.91 Å². The molecule has 3 nitrogen and oxygen atoms in total. The van der Waals surface area contributed by atoms with Crippen LogP contribution in [0.5, 0.6) is 0 Å². The molecule has 6 heteroatoms. The number of allylic oxidation sites excluding steroid dienone is 3. The van der Waals surface area contributed by atoms with Gasteiger partial charge in [-0.3, -0.25) is 9.69 Å². The molecule has 152 valence electrons. The van der Waals surface area contributed by atoms with Crippen LogP contribution in [0.2, 0.25) is 0 Å². The zero-order chi connectivity index (χ0) is 20.7. The Balaban J connectivity index is 2.03. The van der Waals surface area contributed by atoms with Gasteiger partial charge < -0.3 is 4.90 Å². The van der Waals surface area contributed by atoms with Crippen molar-refractivity contribution < 1.29 is 18.0 Å². The lowest BCUT2D eigenvalue weighted by Crippen LogP contribution is -2.47. The highest BCUT2D eigenvalue weighted by Gasteiger charge is 2.30. The van der Waals surface area contributed by atoms with Gasteiger partial charge in [0, 0.05) is 43.4 Å². The van der Waals surface area contributed by atoms with Crippen LogP contribution in [0.4, 0.5) is 13.2 Å². The summed E-state index contributed by atoms with van der Waals surface area (Å²) < 4.78 is 41.7. The van der Waals surface area contributed by atoms with Crippen molar-refractivity contribution in [2.24, 2.45) is 0 Å². The van der Waals surface area contributed by atoms with E-state index in [-0.39, 0.29) is 24.1 Å². The highest BCUT2D eigenvalue weighted by molar-refractivity contribution is 5.78. The Kier molecular flexibility index (Phi) is 8.05. The molecule has 0 radical (unpaired) electrons. The molecule has 1 aliphatic rings. The Bertz CT molecular complexity index is 739. The average molecular weight is 392 g/mol. The summed E-state index contributed by atoms with van der Waals surface area (Å²) in [6.45, 7) is 10.4. The van der Waals surface area contributed by atoms with E-state index < -0.39 is 17.8 Å².